The van der Waals surface area contributed by atoms with Gasteiger partial charge < -0.3 is 30.1 Å². The lowest BCUT2D eigenvalue weighted by Gasteiger charge is -2.19. The summed E-state index contributed by atoms with van der Waals surface area (Å²) in [6, 6.07) is 5.98. The van der Waals surface area contributed by atoms with Gasteiger partial charge in [-0.2, -0.15) is 0 Å². The fourth-order valence-corrected chi connectivity index (χ4v) is 2.09. The number of carbonyl (C=O) groups excluding carboxylic acids is 3. The molecular formula is C14H12N2O5-2. The highest BCUT2D eigenvalue weighted by Gasteiger charge is 2.16. The number of aromatic nitrogens is 1. The molecule has 0 saturated heterocycles. The van der Waals surface area contributed by atoms with E-state index in [0.29, 0.717) is 5.56 Å². The summed E-state index contributed by atoms with van der Waals surface area (Å²) in [5.41, 5.74) is 1.53. The Morgan fingerprint density at radius 2 is 1.90 bits per heavy atom. The Balaban J connectivity index is 2.15. The van der Waals surface area contributed by atoms with Gasteiger partial charge in [-0.3, -0.25) is 4.79 Å². The van der Waals surface area contributed by atoms with Crippen molar-refractivity contribution in [2.24, 2.45) is 0 Å². The van der Waals surface area contributed by atoms with E-state index in [9.17, 15) is 24.6 Å². The molecule has 21 heavy (non-hydrogen) atoms. The highest BCUT2D eigenvalue weighted by molar-refractivity contribution is 5.94. The van der Waals surface area contributed by atoms with E-state index in [4.69, 9.17) is 0 Å². The van der Waals surface area contributed by atoms with E-state index in [1.807, 2.05) is 24.3 Å². The van der Waals surface area contributed by atoms with Gasteiger partial charge in [0, 0.05) is 23.5 Å². The van der Waals surface area contributed by atoms with Crippen molar-refractivity contribution in [3.05, 3.63) is 36.0 Å². The molecule has 1 aromatic heterocycles. The number of carboxylic acid groups (broad SMARTS) is 2. The smallest absolute Gasteiger partial charge is 0.226 e. The zero-order valence-corrected chi connectivity index (χ0v) is 10.9. The van der Waals surface area contributed by atoms with Gasteiger partial charge in [-0.15, -0.1) is 0 Å². The third-order valence-corrected chi connectivity index (χ3v) is 3.02. The van der Waals surface area contributed by atoms with Crippen molar-refractivity contribution in [2.75, 3.05) is 0 Å². The minimum atomic E-state index is -1.57. The van der Waals surface area contributed by atoms with Gasteiger partial charge in [0.25, 0.3) is 0 Å². The van der Waals surface area contributed by atoms with Crippen molar-refractivity contribution < 1.29 is 24.6 Å². The van der Waals surface area contributed by atoms with Crippen LogP contribution in [0.4, 0.5) is 0 Å². The number of nitrogens with one attached hydrogen (secondary N) is 2. The molecule has 2 N–H and O–H groups in total. The highest BCUT2D eigenvalue weighted by Crippen LogP contribution is 2.19. The van der Waals surface area contributed by atoms with E-state index in [2.05, 4.69) is 10.3 Å². The quantitative estimate of drug-likeness (QED) is 0.600. The lowest BCUT2D eigenvalue weighted by molar-refractivity contribution is -0.309. The van der Waals surface area contributed by atoms with Gasteiger partial charge in [0.2, 0.25) is 5.91 Å². The van der Waals surface area contributed by atoms with Gasteiger partial charge in [0.15, 0.2) is 0 Å². The molecule has 2 aromatic rings. The topological polar surface area (TPSA) is 125 Å². The Labute approximate surface area is 119 Å². The predicted molar refractivity (Wildman–Crippen MR) is 68.6 cm³/mol. The van der Waals surface area contributed by atoms with E-state index in [-0.39, 0.29) is 6.42 Å². The van der Waals surface area contributed by atoms with Crippen LogP contribution in [-0.4, -0.2) is 28.9 Å². The monoisotopic (exact) mass is 288 g/mol. The van der Waals surface area contributed by atoms with Gasteiger partial charge in [-0.05, 0) is 11.6 Å². The zero-order valence-electron chi connectivity index (χ0n) is 10.9. The summed E-state index contributed by atoms with van der Waals surface area (Å²) in [5, 5.41) is 24.3. The second-order valence-corrected chi connectivity index (χ2v) is 4.55. The Morgan fingerprint density at radius 3 is 2.57 bits per heavy atom. The molecule has 1 heterocycles. The normalized spacial score (nSPS) is 12.0. The van der Waals surface area contributed by atoms with Crippen LogP contribution < -0.4 is 15.5 Å². The van der Waals surface area contributed by atoms with Gasteiger partial charge in [-0.25, -0.2) is 0 Å². The number of carbonyl (C=O) groups is 3. The SMILES string of the molecule is O=C([O-])CC(=O)N[C@H](Cc1c[nH]c2ccccc12)C(=O)[O-]. The Hall–Kier alpha value is -2.83. The van der Waals surface area contributed by atoms with Crippen molar-refractivity contribution in [1.29, 1.82) is 0 Å². The van der Waals surface area contributed by atoms with Crippen LogP contribution in [0.5, 0.6) is 0 Å². The molecule has 7 nitrogen and oxygen atoms in total. The Kier molecular flexibility index (Phi) is 4.22. The van der Waals surface area contributed by atoms with Crippen LogP contribution >= 0.6 is 0 Å². The zero-order chi connectivity index (χ0) is 15.4. The second kappa shape index (κ2) is 6.08. The molecular weight excluding hydrogens is 276 g/mol. The average Bonchev–Trinajstić information content (AvgIpc) is 2.80. The van der Waals surface area contributed by atoms with E-state index < -0.39 is 30.3 Å². The fourth-order valence-electron chi connectivity index (χ4n) is 2.09. The van der Waals surface area contributed by atoms with Crippen LogP contribution in [-0.2, 0) is 20.8 Å². The maximum atomic E-state index is 11.3. The molecule has 7 heteroatoms. The molecule has 1 aromatic carbocycles. The number of aliphatic carboxylic acids is 2. The number of amides is 1. The molecule has 0 spiro atoms. The molecule has 0 fully saturated rings. The maximum Gasteiger partial charge on any atom is 0.226 e. The number of benzene rings is 1. The molecule has 0 radical (unpaired) electrons. The summed E-state index contributed by atoms with van der Waals surface area (Å²) >= 11 is 0. The fraction of sp³-hybridized carbons (Fsp3) is 0.214. The number of rotatable bonds is 6. The lowest BCUT2D eigenvalue weighted by Crippen LogP contribution is -2.50. The van der Waals surface area contributed by atoms with Crippen LogP contribution in [0.1, 0.15) is 12.0 Å². The number of fused-ring (bicyclic) bond motifs is 1. The molecule has 0 aliphatic rings. The standard InChI is InChI=1S/C14H14N2O5/c17-12(6-13(18)19)16-11(14(20)21)5-8-7-15-10-4-2-1-3-9(8)10/h1-4,7,11,15H,5-6H2,(H,16,17)(H,18,19)(H,20,21)/p-2/t11-/m1/s1. The number of hydrogen-bond donors (Lipinski definition) is 2. The van der Waals surface area contributed by atoms with Crippen LogP contribution in [0, 0.1) is 0 Å². The van der Waals surface area contributed by atoms with Gasteiger partial charge in [-0.1, -0.05) is 18.2 Å². The number of aromatic amines is 1. The molecule has 0 aliphatic heterocycles. The first-order valence-electron chi connectivity index (χ1n) is 6.22. The first kappa shape index (κ1) is 14.6. The summed E-state index contributed by atoms with van der Waals surface area (Å²) in [6.45, 7) is 0. The van der Waals surface area contributed by atoms with Crippen LogP contribution in [0.25, 0.3) is 10.9 Å². The minimum Gasteiger partial charge on any atom is -0.550 e. The number of H-pyrrole nitrogens is 1. The summed E-state index contributed by atoms with van der Waals surface area (Å²) in [6.07, 6.45) is 0.744. The molecule has 0 aliphatic carbocycles. The second-order valence-electron chi connectivity index (χ2n) is 4.55. The predicted octanol–water partition coefficient (Wildman–Crippen LogP) is -1.91. The third-order valence-electron chi connectivity index (χ3n) is 3.02. The first-order chi connectivity index (χ1) is 9.97. The molecule has 0 saturated carbocycles. The van der Waals surface area contributed by atoms with Crippen LogP contribution in [0.3, 0.4) is 0 Å². The molecule has 2 rings (SSSR count). The van der Waals surface area contributed by atoms with Crippen LogP contribution in [0.2, 0.25) is 0 Å². The summed E-state index contributed by atoms with van der Waals surface area (Å²) < 4.78 is 0. The molecule has 0 bridgehead atoms. The Bertz CT molecular complexity index is 691. The van der Waals surface area contributed by atoms with Gasteiger partial charge in [0.1, 0.15) is 0 Å². The van der Waals surface area contributed by atoms with Crippen molar-refractivity contribution >= 4 is 28.7 Å². The van der Waals surface area contributed by atoms with Gasteiger partial charge in [0.05, 0.1) is 24.4 Å². The lowest BCUT2D eigenvalue weighted by atomic mass is 10.0. The molecule has 1 amide bonds. The van der Waals surface area contributed by atoms with E-state index in [1.54, 1.807) is 6.20 Å². The van der Waals surface area contributed by atoms with Crippen molar-refractivity contribution in [2.45, 2.75) is 18.9 Å². The van der Waals surface area contributed by atoms with Crippen molar-refractivity contribution in [1.82, 2.24) is 10.3 Å². The first-order valence-corrected chi connectivity index (χ1v) is 6.22. The van der Waals surface area contributed by atoms with Crippen LogP contribution in [0.15, 0.2) is 30.5 Å². The summed E-state index contributed by atoms with van der Waals surface area (Å²) in [4.78, 5) is 35.7. The largest absolute Gasteiger partial charge is 0.550 e. The van der Waals surface area contributed by atoms with Crippen molar-refractivity contribution in [3.63, 3.8) is 0 Å². The number of hydrogen-bond acceptors (Lipinski definition) is 5. The molecule has 110 valence electrons. The van der Waals surface area contributed by atoms with E-state index >= 15 is 0 Å². The molecule has 1 atom stereocenters. The van der Waals surface area contributed by atoms with Gasteiger partial charge >= 0.3 is 0 Å². The van der Waals surface area contributed by atoms with Crippen molar-refractivity contribution in [3.8, 4) is 0 Å². The third kappa shape index (κ3) is 3.59. The highest BCUT2D eigenvalue weighted by atomic mass is 16.4. The van der Waals surface area contributed by atoms with E-state index in [1.165, 1.54) is 0 Å². The average molecular weight is 288 g/mol. The number of carboxylic acids is 2. The molecule has 0 unspecified atom stereocenters. The minimum absolute atomic E-state index is 0.00880. The summed E-state index contributed by atoms with van der Waals surface area (Å²) in [5.74, 6) is -3.98. The maximum absolute atomic E-state index is 11.3. The van der Waals surface area contributed by atoms with E-state index in [0.717, 1.165) is 10.9 Å². The Morgan fingerprint density at radius 1 is 1.19 bits per heavy atom. The summed E-state index contributed by atoms with van der Waals surface area (Å²) in [7, 11) is 0. The number of para-hydroxylation sites is 1.